The van der Waals surface area contributed by atoms with E-state index in [2.05, 4.69) is 24.3 Å². The van der Waals surface area contributed by atoms with Gasteiger partial charge in [0.25, 0.3) is 0 Å². The fraction of sp³-hybridized carbons (Fsp3) is 0.533. The van der Waals surface area contributed by atoms with Gasteiger partial charge >= 0.3 is 0 Å². The van der Waals surface area contributed by atoms with Gasteiger partial charge in [-0.05, 0) is 37.3 Å². The molecular formula is C15H20ClNO. The van der Waals surface area contributed by atoms with Crippen molar-refractivity contribution in [1.82, 2.24) is 4.90 Å². The van der Waals surface area contributed by atoms with Crippen LogP contribution < -0.4 is 0 Å². The first-order chi connectivity index (χ1) is 8.76. The highest BCUT2D eigenvalue weighted by Gasteiger charge is 2.29. The average molecular weight is 266 g/mol. The summed E-state index contributed by atoms with van der Waals surface area (Å²) in [6.45, 7) is 3.60. The Morgan fingerprint density at radius 2 is 1.94 bits per heavy atom. The van der Waals surface area contributed by atoms with Crippen molar-refractivity contribution in [2.45, 2.75) is 26.2 Å². The molecule has 0 aliphatic heterocycles. The van der Waals surface area contributed by atoms with Crippen LogP contribution in [0, 0.1) is 5.92 Å². The third kappa shape index (κ3) is 2.86. The largest absolute Gasteiger partial charge is 0.343 e. The molecule has 0 heterocycles. The molecule has 1 aliphatic carbocycles. The number of alkyl halides is 1. The number of carbonyl (C=O) groups is 1. The van der Waals surface area contributed by atoms with Crippen LogP contribution in [0.5, 0.6) is 0 Å². The van der Waals surface area contributed by atoms with Crippen LogP contribution >= 0.6 is 11.6 Å². The fourth-order valence-electron chi connectivity index (χ4n) is 2.67. The molecule has 0 bridgehead atoms. The van der Waals surface area contributed by atoms with Crippen LogP contribution in [0.15, 0.2) is 24.3 Å². The smallest absolute Gasteiger partial charge is 0.226 e. The van der Waals surface area contributed by atoms with E-state index in [9.17, 15) is 4.79 Å². The molecule has 0 N–H and O–H groups in total. The lowest BCUT2D eigenvalue weighted by Crippen LogP contribution is -2.37. The van der Waals surface area contributed by atoms with Crippen LogP contribution in [0.2, 0.25) is 0 Å². The summed E-state index contributed by atoms with van der Waals surface area (Å²) >= 11 is 5.70. The molecule has 0 unspecified atom stereocenters. The second-order valence-electron chi connectivity index (χ2n) is 4.83. The van der Waals surface area contributed by atoms with E-state index in [-0.39, 0.29) is 5.92 Å². The number of nitrogens with zero attached hydrogens (tertiary/aromatic N) is 1. The van der Waals surface area contributed by atoms with Gasteiger partial charge in [-0.1, -0.05) is 24.3 Å². The van der Waals surface area contributed by atoms with Crippen LogP contribution in [0.3, 0.4) is 0 Å². The molecule has 98 valence electrons. The first-order valence-electron chi connectivity index (χ1n) is 6.67. The number of amides is 1. The van der Waals surface area contributed by atoms with Gasteiger partial charge in [0.2, 0.25) is 5.91 Å². The molecule has 2 rings (SSSR count). The zero-order valence-corrected chi connectivity index (χ0v) is 11.6. The van der Waals surface area contributed by atoms with Crippen LogP contribution in [0.4, 0.5) is 0 Å². The Kier molecular flexibility index (Phi) is 4.65. The predicted molar refractivity (Wildman–Crippen MR) is 74.9 cm³/mol. The SMILES string of the molecule is CCN(CCCCl)C(=O)C1Cc2ccccc2C1. The van der Waals surface area contributed by atoms with Gasteiger partial charge in [0.05, 0.1) is 0 Å². The molecule has 1 amide bonds. The summed E-state index contributed by atoms with van der Waals surface area (Å²) in [6.07, 6.45) is 2.67. The molecule has 2 nitrogen and oxygen atoms in total. The molecular weight excluding hydrogens is 246 g/mol. The molecule has 1 aromatic rings. The third-order valence-electron chi connectivity index (χ3n) is 3.66. The molecule has 1 aromatic carbocycles. The van der Waals surface area contributed by atoms with Gasteiger partial charge in [0, 0.05) is 24.9 Å². The van der Waals surface area contributed by atoms with Crippen molar-refractivity contribution in [2.24, 2.45) is 5.92 Å². The molecule has 18 heavy (non-hydrogen) atoms. The first-order valence-corrected chi connectivity index (χ1v) is 7.21. The number of carbonyl (C=O) groups excluding carboxylic acids is 1. The highest BCUT2D eigenvalue weighted by atomic mass is 35.5. The Hall–Kier alpha value is -1.02. The van der Waals surface area contributed by atoms with Crippen molar-refractivity contribution in [1.29, 1.82) is 0 Å². The van der Waals surface area contributed by atoms with Crippen LogP contribution in [-0.4, -0.2) is 29.8 Å². The second-order valence-corrected chi connectivity index (χ2v) is 5.21. The predicted octanol–water partition coefficient (Wildman–Crippen LogP) is 2.88. The van der Waals surface area contributed by atoms with Crippen molar-refractivity contribution in [2.75, 3.05) is 19.0 Å². The number of fused-ring (bicyclic) bond motifs is 1. The highest BCUT2D eigenvalue weighted by Crippen LogP contribution is 2.27. The summed E-state index contributed by atoms with van der Waals surface area (Å²) in [6, 6.07) is 8.38. The van der Waals surface area contributed by atoms with Crippen molar-refractivity contribution in [3.05, 3.63) is 35.4 Å². The van der Waals surface area contributed by atoms with Gasteiger partial charge in [0.1, 0.15) is 0 Å². The summed E-state index contributed by atoms with van der Waals surface area (Å²) in [7, 11) is 0. The van der Waals surface area contributed by atoms with E-state index in [4.69, 9.17) is 11.6 Å². The van der Waals surface area contributed by atoms with Gasteiger partial charge < -0.3 is 4.90 Å². The van der Waals surface area contributed by atoms with E-state index in [1.807, 2.05) is 11.8 Å². The van der Waals surface area contributed by atoms with Crippen LogP contribution in [0.25, 0.3) is 0 Å². The van der Waals surface area contributed by atoms with Crippen LogP contribution in [-0.2, 0) is 17.6 Å². The van der Waals surface area contributed by atoms with Crippen molar-refractivity contribution >= 4 is 17.5 Å². The quantitative estimate of drug-likeness (QED) is 0.750. The topological polar surface area (TPSA) is 20.3 Å². The summed E-state index contributed by atoms with van der Waals surface area (Å²) in [4.78, 5) is 14.4. The van der Waals surface area contributed by atoms with Crippen molar-refractivity contribution in [3.63, 3.8) is 0 Å². The molecule has 0 spiro atoms. The lowest BCUT2D eigenvalue weighted by molar-refractivity contribution is -0.135. The van der Waals surface area contributed by atoms with E-state index in [1.165, 1.54) is 11.1 Å². The van der Waals surface area contributed by atoms with E-state index < -0.39 is 0 Å². The second kappa shape index (κ2) is 6.24. The van der Waals surface area contributed by atoms with Crippen molar-refractivity contribution in [3.8, 4) is 0 Å². The van der Waals surface area contributed by atoms with E-state index >= 15 is 0 Å². The molecule has 0 saturated heterocycles. The van der Waals surface area contributed by atoms with Gasteiger partial charge in [-0.2, -0.15) is 0 Å². The first kappa shape index (κ1) is 13.4. The van der Waals surface area contributed by atoms with Gasteiger partial charge in [-0.25, -0.2) is 0 Å². The lowest BCUT2D eigenvalue weighted by atomic mass is 10.0. The molecule has 1 aliphatic rings. The monoisotopic (exact) mass is 265 g/mol. The molecule has 0 saturated carbocycles. The molecule has 0 aromatic heterocycles. The molecule has 0 atom stereocenters. The number of halogens is 1. The minimum Gasteiger partial charge on any atom is -0.343 e. The molecule has 3 heteroatoms. The summed E-state index contributed by atoms with van der Waals surface area (Å²) in [5.74, 6) is 1.05. The maximum atomic E-state index is 12.4. The van der Waals surface area contributed by atoms with E-state index in [0.717, 1.165) is 32.4 Å². The Bertz CT molecular complexity index is 394. The zero-order valence-electron chi connectivity index (χ0n) is 10.9. The summed E-state index contributed by atoms with van der Waals surface area (Å²) < 4.78 is 0. The minimum atomic E-state index is 0.137. The van der Waals surface area contributed by atoms with Gasteiger partial charge in [-0.3, -0.25) is 4.79 Å². The standard InChI is InChI=1S/C15H20ClNO/c1-2-17(9-5-8-16)15(18)14-10-12-6-3-4-7-13(12)11-14/h3-4,6-7,14H,2,5,8-11H2,1H3. The maximum Gasteiger partial charge on any atom is 0.226 e. The van der Waals surface area contributed by atoms with Crippen LogP contribution in [0.1, 0.15) is 24.5 Å². The normalized spacial score (nSPS) is 14.6. The van der Waals surface area contributed by atoms with Gasteiger partial charge in [0.15, 0.2) is 0 Å². The number of hydrogen-bond donors (Lipinski definition) is 0. The highest BCUT2D eigenvalue weighted by molar-refractivity contribution is 6.17. The summed E-state index contributed by atoms with van der Waals surface area (Å²) in [5.41, 5.74) is 2.67. The minimum absolute atomic E-state index is 0.137. The van der Waals surface area contributed by atoms with E-state index in [0.29, 0.717) is 11.8 Å². The number of rotatable bonds is 5. The summed E-state index contributed by atoms with van der Waals surface area (Å²) in [5, 5.41) is 0. The maximum absolute atomic E-state index is 12.4. The number of hydrogen-bond acceptors (Lipinski definition) is 1. The Labute approximate surface area is 114 Å². The Morgan fingerprint density at radius 3 is 2.44 bits per heavy atom. The average Bonchev–Trinajstić information content (AvgIpc) is 2.83. The van der Waals surface area contributed by atoms with E-state index in [1.54, 1.807) is 0 Å². The third-order valence-corrected chi connectivity index (χ3v) is 3.92. The Balaban J connectivity index is 1.99. The Morgan fingerprint density at radius 1 is 1.33 bits per heavy atom. The van der Waals surface area contributed by atoms with Crippen molar-refractivity contribution < 1.29 is 4.79 Å². The number of benzene rings is 1. The van der Waals surface area contributed by atoms with Gasteiger partial charge in [-0.15, -0.1) is 11.6 Å². The molecule has 0 fully saturated rings. The molecule has 0 radical (unpaired) electrons. The lowest BCUT2D eigenvalue weighted by Gasteiger charge is -2.23. The zero-order chi connectivity index (χ0) is 13.0. The fourth-order valence-corrected chi connectivity index (χ4v) is 2.79.